The van der Waals surface area contributed by atoms with Crippen molar-refractivity contribution in [2.24, 2.45) is 0 Å². The van der Waals surface area contributed by atoms with Crippen LogP contribution in [0.1, 0.15) is 24.3 Å². The first-order valence-electron chi connectivity index (χ1n) is 3.76. The number of hydrogen-bond acceptors (Lipinski definition) is 1. The van der Waals surface area contributed by atoms with Gasteiger partial charge in [0.2, 0.25) is 0 Å². The average molecular weight is 169 g/mol. The van der Waals surface area contributed by atoms with Gasteiger partial charge in [0, 0.05) is 0 Å². The van der Waals surface area contributed by atoms with Crippen LogP contribution < -0.4 is 0 Å². The first-order chi connectivity index (χ1) is 5.29. The van der Waals surface area contributed by atoms with E-state index in [2.05, 4.69) is 0 Å². The van der Waals surface area contributed by atoms with Crippen LogP contribution in [0.15, 0.2) is 18.2 Å². The van der Waals surface area contributed by atoms with Crippen LogP contribution in [0.2, 0.25) is 5.02 Å². The molecule has 11 heavy (non-hydrogen) atoms. The minimum atomic E-state index is 0.275. The lowest BCUT2D eigenvalue weighted by molar-refractivity contribution is 0.468. The van der Waals surface area contributed by atoms with E-state index < -0.39 is 0 Å². The van der Waals surface area contributed by atoms with Gasteiger partial charge in [-0.15, -0.1) is 0 Å². The first kappa shape index (κ1) is 6.99. The standard InChI is InChI=1S/C9H9ClO/c10-8-3-1-2-7(9(8)11)6-4-5-6/h1-3,6,11H,4-5H2. The Morgan fingerprint density at radius 3 is 2.73 bits per heavy atom. The minimum absolute atomic E-state index is 0.275. The number of hydrogen-bond donors (Lipinski definition) is 1. The Morgan fingerprint density at radius 2 is 2.09 bits per heavy atom. The Bertz CT molecular complexity index is 279. The summed E-state index contributed by atoms with van der Waals surface area (Å²) in [6.45, 7) is 0. The maximum atomic E-state index is 9.48. The van der Waals surface area contributed by atoms with Crippen molar-refractivity contribution >= 4 is 11.6 Å². The van der Waals surface area contributed by atoms with Crippen LogP contribution >= 0.6 is 11.6 Å². The Labute approximate surface area is 70.6 Å². The Hall–Kier alpha value is -0.690. The minimum Gasteiger partial charge on any atom is -0.506 e. The van der Waals surface area contributed by atoms with E-state index in [0.29, 0.717) is 10.9 Å². The molecule has 2 heteroatoms. The summed E-state index contributed by atoms with van der Waals surface area (Å²) in [5.74, 6) is 0.838. The van der Waals surface area contributed by atoms with Crippen LogP contribution in [-0.4, -0.2) is 5.11 Å². The highest BCUT2D eigenvalue weighted by molar-refractivity contribution is 6.32. The zero-order valence-corrected chi connectivity index (χ0v) is 6.80. The quantitative estimate of drug-likeness (QED) is 0.684. The summed E-state index contributed by atoms with van der Waals surface area (Å²) in [6.07, 6.45) is 2.38. The van der Waals surface area contributed by atoms with Gasteiger partial charge in [0.05, 0.1) is 5.02 Å². The number of benzene rings is 1. The fraction of sp³-hybridized carbons (Fsp3) is 0.333. The molecule has 58 valence electrons. The van der Waals surface area contributed by atoms with Crippen LogP contribution in [-0.2, 0) is 0 Å². The molecule has 0 heterocycles. The summed E-state index contributed by atoms with van der Waals surface area (Å²) in [5.41, 5.74) is 1.01. The molecule has 1 saturated carbocycles. The van der Waals surface area contributed by atoms with Gasteiger partial charge in [-0.1, -0.05) is 23.7 Å². The summed E-state index contributed by atoms with van der Waals surface area (Å²) >= 11 is 5.74. The molecule has 0 unspecified atom stereocenters. The smallest absolute Gasteiger partial charge is 0.137 e. The highest BCUT2D eigenvalue weighted by Crippen LogP contribution is 2.45. The normalized spacial score (nSPS) is 16.8. The van der Waals surface area contributed by atoms with Crippen molar-refractivity contribution in [3.8, 4) is 5.75 Å². The van der Waals surface area contributed by atoms with E-state index in [4.69, 9.17) is 11.6 Å². The molecular formula is C9H9ClO. The molecule has 0 aromatic heterocycles. The van der Waals surface area contributed by atoms with E-state index in [9.17, 15) is 5.11 Å². The van der Waals surface area contributed by atoms with Crippen molar-refractivity contribution in [2.45, 2.75) is 18.8 Å². The largest absolute Gasteiger partial charge is 0.506 e. The van der Waals surface area contributed by atoms with Crippen LogP contribution in [0.4, 0.5) is 0 Å². The Balaban J connectivity index is 2.45. The summed E-state index contributed by atoms with van der Waals surface area (Å²) in [5, 5.41) is 9.94. The molecule has 0 atom stereocenters. The van der Waals surface area contributed by atoms with Crippen molar-refractivity contribution in [1.29, 1.82) is 0 Å². The van der Waals surface area contributed by atoms with E-state index in [-0.39, 0.29) is 5.75 Å². The van der Waals surface area contributed by atoms with Crippen molar-refractivity contribution in [2.75, 3.05) is 0 Å². The van der Waals surface area contributed by atoms with Gasteiger partial charge < -0.3 is 5.11 Å². The van der Waals surface area contributed by atoms with E-state index >= 15 is 0 Å². The maximum absolute atomic E-state index is 9.48. The molecule has 1 aliphatic rings. The highest BCUT2D eigenvalue weighted by Gasteiger charge is 2.26. The van der Waals surface area contributed by atoms with Gasteiger partial charge in [0.25, 0.3) is 0 Å². The van der Waals surface area contributed by atoms with Gasteiger partial charge in [-0.25, -0.2) is 0 Å². The van der Waals surface area contributed by atoms with Crippen LogP contribution in [0.25, 0.3) is 0 Å². The first-order valence-corrected chi connectivity index (χ1v) is 4.14. The molecule has 1 nitrogen and oxygen atoms in total. The van der Waals surface area contributed by atoms with E-state index in [1.807, 2.05) is 12.1 Å². The number of rotatable bonds is 1. The lowest BCUT2D eigenvalue weighted by Gasteiger charge is -2.02. The number of phenolic OH excluding ortho intramolecular Hbond substituents is 1. The van der Waals surface area contributed by atoms with Crippen molar-refractivity contribution in [1.82, 2.24) is 0 Å². The Morgan fingerprint density at radius 1 is 1.36 bits per heavy atom. The fourth-order valence-corrected chi connectivity index (χ4v) is 1.44. The van der Waals surface area contributed by atoms with E-state index in [1.54, 1.807) is 6.07 Å². The second-order valence-electron chi connectivity index (χ2n) is 2.95. The molecule has 0 radical (unpaired) electrons. The summed E-state index contributed by atoms with van der Waals surface area (Å²) in [7, 11) is 0. The molecule has 0 spiro atoms. The lowest BCUT2D eigenvalue weighted by atomic mass is 10.1. The van der Waals surface area contributed by atoms with Gasteiger partial charge in [0.15, 0.2) is 0 Å². The molecule has 0 saturated heterocycles. The van der Waals surface area contributed by atoms with E-state index in [1.165, 1.54) is 12.8 Å². The van der Waals surface area contributed by atoms with Gasteiger partial charge in [-0.2, -0.15) is 0 Å². The number of aromatic hydroxyl groups is 1. The second-order valence-corrected chi connectivity index (χ2v) is 3.36. The van der Waals surface area contributed by atoms with Gasteiger partial charge >= 0.3 is 0 Å². The number of halogens is 1. The molecule has 0 aliphatic heterocycles. The average Bonchev–Trinajstić information content (AvgIpc) is 2.77. The molecule has 1 aliphatic carbocycles. The predicted octanol–water partition coefficient (Wildman–Crippen LogP) is 2.92. The number of phenols is 1. The summed E-state index contributed by atoms with van der Waals surface area (Å²) < 4.78 is 0. The fourth-order valence-electron chi connectivity index (χ4n) is 1.26. The third-order valence-corrected chi connectivity index (χ3v) is 2.34. The van der Waals surface area contributed by atoms with Crippen molar-refractivity contribution < 1.29 is 5.11 Å². The lowest BCUT2D eigenvalue weighted by Crippen LogP contribution is -1.80. The molecule has 1 aromatic carbocycles. The highest BCUT2D eigenvalue weighted by atomic mass is 35.5. The monoisotopic (exact) mass is 168 g/mol. The summed E-state index contributed by atoms with van der Waals surface area (Å²) in [6, 6.07) is 5.54. The second kappa shape index (κ2) is 2.42. The molecule has 2 rings (SSSR count). The predicted molar refractivity (Wildman–Crippen MR) is 45.1 cm³/mol. The molecule has 0 bridgehead atoms. The van der Waals surface area contributed by atoms with Gasteiger partial charge in [0.1, 0.15) is 5.75 Å². The molecule has 1 N–H and O–H groups in total. The third-order valence-electron chi connectivity index (χ3n) is 2.04. The maximum Gasteiger partial charge on any atom is 0.137 e. The molecular weight excluding hydrogens is 160 g/mol. The Kier molecular flexibility index (Phi) is 1.53. The topological polar surface area (TPSA) is 20.2 Å². The van der Waals surface area contributed by atoms with Crippen LogP contribution in [0.3, 0.4) is 0 Å². The van der Waals surface area contributed by atoms with Gasteiger partial charge in [-0.3, -0.25) is 0 Å². The van der Waals surface area contributed by atoms with Crippen molar-refractivity contribution in [3.05, 3.63) is 28.8 Å². The van der Waals surface area contributed by atoms with E-state index in [0.717, 1.165) is 5.56 Å². The summed E-state index contributed by atoms with van der Waals surface area (Å²) in [4.78, 5) is 0. The third kappa shape index (κ3) is 1.21. The zero-order valence-electron chi connectivity index (χ0n) is 6.05. The molecule has 0 amide bonds. The van der Waals surface area contributed by atoms with Gasteiger partial charge in [-0.05, 0) is 30.4 Å². The van der Waals surface area contributed by atoms with Crippen LogP contribution in [0.5, 0.6) is 5.75 Å². The SMILES string of the molecule is Oc1c(Cl)cccc1C1CC1. The van der Waals surface area contributed by atoms with Crippen LogP contribution in [0, 0.1) is 0 Å². The molecule has 1 aromatic rings. The zero-order chi connectivity index (χ0) is 7.84. The van der Waals surface area contributed by atoms with Crippen molar-refractivity contribution in [3.63, 3.8) is 0 Å². The molecule has 1 fully saturated rings. The number of para-hydroxylation sites is 1.